The number of nitrogens with zero attached hydrogens (tertiary/aromatic N) is 6. The summed E-state index contributed by atoms with van der Waals surface area (Å²) >= 11 is 0. The van der Waals surface area contributed by atoms with Gasteiger partial charge in [0.15, 0.2) is 12.4 Å². The zero-order valence-corrected chi connectivity index (χ0v) is 29.0. The van der Waals surface area contributed by atoms with E-state index >= 15 is 0 Å². The van der Waals surface area contributed by atoms with Gasteiger partial charge in [-0.3, -0.25) is 9.89 Å². The lowest BCUT2D eigenvalue weighted by molar-refractivity contribution is -0.153. The molecule has 10 nitrogen and oxygen atoms in total. The van der Waals surface area contributed by atoms with E-state index in [0.717, 1.165) is 19.6 Å². The number of benzene rings is 2. The second-order valence-corrected chi connectivity index (χ2v) is 14.0. The third kappa shape index (κ3) is 7.02. The summed E-state index contributed by atoms with van der Waals surface area (Å²) in [6, 6.07) is 4.98. The first-order chi connectivity index (χ1) is 24.9. The Balaban J connectivity index is 1.41. The van der Waals surface area contributed by atoms with Gasteiger partial charge in [0.2, 0.25) is 5.91 Å². The molecule has 0 atom stereocenters. The van der Waals surface area contributed by atoms with Crippen molar-refractivity contribution < 1.29 is 36.2 Å². The first kappa shape index (κ1) is 35.6. The Bertz CT molecular complexity index is 2020. The lowest BCUT2D eigenvalue weighted by Gasteiger charge is -2.54. The number of anilines is 1. The number of aryl methyl sites for hydroxylation is 1. The topological polar surface area (TPSA) is 99.7 Å². The van der Waals surface area contributed by atoms with Crippen LogP contribution in [0.1, 0.15) is 43.7 Å². The number of hydrogen-bond acceptors (Lipinski definition) is 8. The van der Waals surface area contributed by atoms with E-state index in [1.807, 2.05) is 4.90 Å². The average Bonchev–Trinajstić information content (AvgIpc) is 3.58. The van der Waals surface area contributed by atoms with Crippen LogP contribution in [0.3, 0.4) is 0 Å². The van der Waals surface area contributed by atoms with Crippen molar-refractivity contribution in [1.29, 1.82) is 0 Å². The Hall–Kier alpha value is -4.79. The van der Waals surface area contributed by atoms with Crippen LogP contribution in [0.4, 0.5) is 27.8 Å². The van der Waals surface area contributed by atoms with Crippen molar-refractivity contribution in [3.8, 4) is 22.9 Å². The van der Waals surface area contributed by atoms with Crippen molar-refractivity contribution in [3.63, 3.8) is 0 Å². The van der Waals surface area contributed by atoms with Crippen LogP contribution in [0.2, 0.25) is 0 Å². The summed E-state index contributed by atoms with van der Waals surface area (Å²) in [4.78, 5) is 27.8. The minimum absolute atomic E-state index is 0.0215. The van der Waals surface area contributed by atoms with E-state index in [1.54, 1.807) is 24.0 Å². The maximum atomic E-state index is 14.3. The number of amides is 1. The predicted octanol–water partition coefficient (Wildman–Crippen LogP) is 7.14. The summed E-state index contributed by atoms with van der Waals surface area (Å²) in [7, 11) is 0. The highest BCUT2D eigenvalue weighted by Gasteiger charge is 2.46. The summed E-state index contributed by atoms with van der Waals surface area (Å²) in [6.07, 6.45) is -0.725. The van der Waals surface area contributed by atoms with Gasteiger partial charge in [0.05, 0.1) is 11.7 Å². The average molecular weight is 726 g/mol. The Labute approximate surface area is 297 Å². The number of rotatable bonds is 9. The summed E-state index contributed by atoms with van der Waals surface area (Å²) in [5.74, 6) is -0.0696. The fourth-order valence-corrected chi connectivity index (χ4v) is 7.81. The number of fused-ring (bicyclic) bond motifs is 2. The number of likely N-dealkylation sites (tertiary alicyclic amines) is 2. The molecule has 3 aliphatic rings. The number of ether oxygens (including phenoxy) is 2. The molecule has 7 rings (SSSR count). The highest BCUT2D eigenvalue weighted by molar-refractivity contribution is 6.07. The number of piperidine rings is 2. The van der Waals surface area contributed by atoms with Crippen molar-refractivity contribution in [3.05, 3.63) is 54.3 Å². The second-order valence-electron chi connectivity index (χ2n) is 14.0. The number of alkyl halides is 3. The summed E-state index contributed by atoms with van der Waals surface area (Å²) in [5, 5.41) is 7.74. The van der Waals surface area contributed by atoms with Crippen molar-refractivity contribution in [1.82, 2.24) is 30.0 Å². The largest absolute Gasteiger partial charge is 0.481 e. The minimum Gasteiger partial charge on any atom is -0.481 e. The number of aromatic amines is 1. The van der Waals surface area contributed by atoms with E-state index in [2.05, 4.69) is 28.6 Å². The standard InChI is InChI=1S/C37H40F5N7O3/c1-4-29(50)49-19-36(20-49)10-14-48(15-11-36)34-25-16-23(17-28(38)39)31(30-22(3)6-7-27-26(30)18-43-46-27)33(51-21-37(40,41)42)32(25)44-35(45-34)52-24-8-12-47(5-2)13-9-24/h4,6-7,16-18,24H,1,5,8-15,19-21H2,2-3H3,(H,43,46). The molecule has 0 unspecified atom stereocenters. The fraction of sp³-hybridized carbons (Fsp3) is 0.459. The first-order valence-corrected chi connectivity index (χ1v) is 17.5. The normalized spacial score (nSPS) is 18.1. The molecule has 0 saturated carbocycles. The number of carbonyl (C=O) groups is 1. The summed E-state index contributed by atoms with van der Waals surface area (Å²) in [5.41, 5.74) is 1.47. The minimum atomic E-state index is -4.75. The number of carbonyl (C=O) groups excluding carboxylic acids is 1. The lowest BCUT2D eigenvalue weighted by Crippen LogP contribution is -2.61. The molecule has 1 N–H and O–H groups in total. The highest BCUT2D eigenvalue weighted by atomic mass is 19.4. The molecule has 1 amide bonds. The van der Waals surface area contributed by atoms with Gasteiger partial charge >= 0.3 is 12.2 Å². The smallest absolute Gasteiger partial charge is 0.422 e. The fourth-order valence-electron chi connectivity index (χ4n) is 7.81. The molecule has 2 aromatic carbocycles. The van der Waals surface area contributed by atoms with E-state index in [9.17, 15) is 26.7 Å². The SMILES string of the molecule is C=CC(=O)N1CC2(CCN(c3nc(OC4CCN(CC)CC4)nc4c(OCC(F)(F)F)c(-c5c(C)ccc6[nH]ncc56)c(C=C(F)F)cc34)CC2)C1. The number of aromatic nitrogens is 4. The molecule has 0 radical (unpaired) electrons. The quantitative estimate of drug-likeness (QED) is 0.144. The molecule has 3 aliphatic heterocycles. The van der Waals surface area contributed by atoms with E-state index in [-0.39, 0.29) is 51.2 Å². The highest BCUT2D eigenvalue weighted by Crippen LogP contribution is 2.48. The van der Waals surface area contributed by atoms with Gasteiger partial charge in [0.25, 0.3) is 6.08 Å². The van der Waals surface area contributed by atoms with Crippen molar-refractivity contribution in [2.24, 2.45) is 5.41 Å². The molecule has 5 heterocycles. The molecule has 0 bridgehead atoms. The van der Waals surface area contributed by atoms with Crippen LogP contribution >= 0.6 is 0 Å². The Morgan fingerprint density at radius 2 is 1.81 bits per heavy atom. The van der Waals surface area contributed by atoms with Crippen molar-refractivity contribution in [2.75, 3.05) is 57.3 Å². The monoisotopic (exact) mass is 725 g/mol. The van der Waals surface area contributed by atoms with Gasteiger partial charge in [0.1, 0.15) is 17.4 Å². The van der Waals surface area contributed by atoms with E-state index in [1.165, 1.54) is 18.3 Å². The third-order valence-corrected chi connectivity index (χ3v) is 10.6. The van der Waals surface area contributed by atoms with Gasteiger partial charge in [-0.05, 0) is 74.1 Å². The molecule has 276 valence electrons. The molecule has 3 saturated heterocycles. The molecule has 4 aromatic rings. The van der Waals surface area contributed by atoms with Crippen LogP contribution in [-0.4, -0.2) is 101 Å². The van der Waals surface area contributed by atoms with Crippen molar-refractivity contribution in [2.45, 2.75) is 51.8 Å². The Morgan fingerprint density at radius 3 is 2.46 bits per heavy atom. The lowest BCUT2D eigenvalue weighted by atomic mass is 9.72. The molecule has 52 heavy (non-hydrogen) atoms. The maximum Gasteiger partial charge on any atom is 0.422 e. The number of halogens is 5. The first-order valence-electron chi connectivity index (χ1n) is 17.5. The summed E-state index contributed by atoms with van der Waals surface area (Å²) < 4.78 is 82.4. The van der Waals surface area contributed by atoms with Gasteiger partial charge in [0, 0.05) is 67.1 Å². The number of nitrogens with one attached hydrogen (secondary N) is 1. The summed E-state index contributed by atoms with van der Waals surface area (Å²) in [6.45, 7) is 10.5. The number of H-pyrrole nitrogens is 1. The van der Waals surface area contributed by atoms with Gasteiger partial charge in [-0.2, -0.15) is 37.0 Å². The van der Waals surface area contributed by atoms with Crippen LogP contribution in [-0.2, 0) is 4.79 Å². The van der Waals surface area contributed by atoms with E-state index in [0.29, 0.717) is 85.8 Å². The molecule has 15 heteroatoms. The molecular weight excluding hydrogens is 685 g/mol. The molecular formula is C37H40F5N7O3. The Kier molecular flexibility index (Phi) is 9.57. The van der Waals surface area contributed by atoms with Crippen LogP contribution < -0.4 is 14.4 Å². The van der Waals surface area contributed by atoms with Crippen molar-refractivity contribution >= 4 is 39.6 Å². The second kappa shape index (κ2) is 14.0. The molecule has 0 aliphatic carbocycles. The maximum absolute atomic E-state index is 14.3. The molecule has 1 spiro atoms. The number of hydrogen-bond donors (Lipinski definition) is 1. The van der Waals surface area contributed by atoms with Gasteiger partial charge in [-0.15, -0.1) is 0 Å². The van der Waals surface area contributed by atoms with Gasteiger partial charge in [-0.1, -0.05) is 19.6 Å². The zero-order chi connectivity index (χ0) is 36.8. The molecule has 3 fully saturated rings. The van der Waals surface area contributed by atoms with Gasteiger partial charge < -0.3 is 24.2 Å². The Morgan fingerprint density at radius 1 is 1.08 bits per heavy atom. The van der Waals surface area contributed by atoms with Gasteiger partial charge in [-0.25, -0.2) is 0 Å². The van der Waals surface area contributed by atoms with Crippen LogP contribution in [0.15, 0.2) is 43.1 Å². The zero-order valence-electron chi connectivity index (χ0n) is 29.0. The van der Waals surface area contributed by atoms with E-state index in [4.69, 9.17) is 19.4 Å². The van der Waals surface area contributed by atoms with Crippen LogP contribution in [0.5, 0.6) is 11.8 Å². The van der Waals surface area contributed by atoms with Crippen LogP contribution in [0, 0.1) is 12.3 Å². The van der Waals surface area contributed by atoms with E-state index < -0.39 is 18.9 Å². The van der Waals surface area contributed by atoms with Crippen LogP contribution in [0.25, 0.3) is 39.0 Å². The molecule has 2 aromatic heterocycles. The third-order valence-electron chi connectivity index (χ3n) is 10.6. The predicted molar refractivity (Wildman–Crippen MR) is 188 cm³/mol.